The zero-order chi connectivity index (χ0) is 15.0. The van der Waals surface area contributed by atoms with E-state index in [-0.39, 0.29) is 5.91 Å². The number of ether oxygens (including phenoxy) is 1. The molecular weight excluding hydrogens is 278 g/mol. The van der Waals surface area contributed by atoms with Crippen LogP contribution in [-0.4, -0.2) is 25.0 Å². The lowest BCUT2D eigenvalue weighted by Crippen LogP contribution is -2.41. The van der Waals surface area contributed by atoms with Gasteiger partial charge in [0.2, 0.25) is 0 Å². The van der Waals surface area contributed by atoms with E-state index < -0.39 is 12.0 Å². The number of terminal acetylenes is 1. The topological polar surface area (TPSA) is 55.4 Å². The second-order valence-corrected chi connectivity index (χ2v) is 4.59. The highest BCUT2D eigenvalue weighted by molar-refractivity contribution is 6.30. The van der Waals surface area contributed by atoms with E-state index in [2.05, 4.69) is 16.0 Å². The van der Waals surface area contributed by atoms with Gasteiger partial charge in [0.05, 0.1) is 7.11 Å². The molecule has 0 unspecified atom stereocenters. The van der Waals surface area contributed by atoms with E-state index >= 15 is 0 Å². The first-order valence-electron chi connectivity index (χ1n) is 6.16. The molecule has 4 nitrogen and oxygen atoms in total. The summed E-state index contributed by atoms with van der Waals surface area (Å²) in [6.45, 7) is 0. The van der Waals surface area contributed by atoms with Gasteiger partial charge in [-0.15, -0.1) is 12.3 Å². The Kier molecular flexibility index (Phi) is 6.61. The molecule has 1 atom stereocenters. The van der Waals surface area contributed by atoms with E-state index in [1.54, 1.807) is 24.3 Å². The summed E-state index contributed by atoms with van der Waals surface area (Å²) in [5.74, 6) is 1.66. The molecule has 1 amide bonds. The second kappa shape index (κ2) is 8.23. The van der Waals surface area contributed by atoms with Crippen molar-refractivity contribution in [3.8, 4) is 12.3 Å². The van der Waals surface area contributed by atoms with Crippen LogP contribution >= 0.6 is 11.6 Å². The highest BCUT2D eigenvalue weighted by atomic mass is 35.5. The Bertz CT molecular complexity index is 505. The van der Waals surface area contributed by atoms with Crippen molar-refractivity contribution in [2.75, 3.05) is 7.11 Å². The number of nitrogens with one attached hydrogen (secondary N) is 1. The number of hydrogen-bond donors (Lipinski definition) is 1. The monoisotopic (exact) mass is 293 g/mol. The van der Waals surface area contributed by atoms with Crippen LogP contribution in [-0.2, 0) is 9.53 Å². The largest absolute Gasteiger partial charge is 0.467 e. The number of carbonyl (C=O) groups is 2. The standard InChI is InChI=1S/C15H16ClNO3/c1-3-4-5-6-13(15(19)20-2)17-14(18)11-7-9-12(16)10-8-11/h1,7-10,13H,4-6H2,2H3,(H,17,18)/t13-/m0/s1. The Balaban J connectivity index is 2.68. The van der Waals surface area contributed by atoms with E-state index in [1.165, 1.54) is 7.11 Å². The fourth-order valence-corrected chi connectivity index (χ4v) is 1.77. The van der Waals surface area contributed by atoms with Crippen LogP contribution < -0.4 is 5.32 Å². The molecule has 106 valence electrons. The Labute approximate surface area is 123 Å². The van der Waals surface area contributed by atoms with E-state index in [4.69, 9.17) is 18.0 Å². The number of rotatable bonds is 6. The lowest BCUT2D eigenvalue weighted by Gasteiger charge is -2.16. The Morgan fingerprint density at radius 2 is 2.05 bits per heavy atom. The van der Waals surface area contributed by atoms with Crippen molar-refractivity contribution in [2.24, 2.45) is 0 Å². The average Bonchev–Trinajstić information content (AvgIpc) is 2.46. The average molecular weight is 294 g/mol. The third kappa shape index (κ3) is 4.94. The maximum Gasteiger partial charge on any atom is 0.328 e. The molecule has 0 fully saturated rings. The molecule has 0 saturated heterocycles. The van der Waals surface area contributed by atoms with Crippen LogP contribution in [0.2, 0.25) is 5.02 Å². The van der Waals surface area contributed by atoms with Gasteiger partial charge in [-0.2, -0.15) is 0 Å². The Morgan fingerprint density at radius 1 is 1.40 bits per heavy atom. The number of unbranched alkanes of at least 4 members (excludes halogenated alkanes) is 1. The van der Waals surface area contributed by atoms with Crippen LogP contribution in [0.5, 0.6) is 0 Å². The minimum Gasteiger partial charge on any atom is -0.467 e. The summed E-state index contributed by atoms with van der Waals surface area (Å²) < 4.78 is 4.67. The summed E-state index contributed by atoms with van der Waals surface area (Å²) >= 11 is 5.75. The lowest BCUT2D eigenvalue weighted by atomic mass is 10.1. The fourth-order valence-electron chi connectivity index (χ4n) is 1.64. The molecule has 1 aromatic carbocycles. The highest BCUT2D eigenvalue weighted by Crippen LogP contribution is 2.10. The summed E-state index contributed by atoms with van der Waals surface area (Å²) in [7, 11) is 1.28. The van der Waals surface area contributed by atoms with Gasteiger partial charge in [-0.1, -0.05) is 11.6 Å². The van der Waals surface area contributed by atoms with Gasteiger partial charge in [-0.3, -0.25) is 4.79 Å². The number of benzene rings is 1. The molecule has 5 heteroatoms. The summed E-state index contributed by atoms with van der Waals surface area (Å²) in [4.78, 5) is 23.6. The molecule has 0 heterocycles. The second-order valence-electron chi connectivity index (χ2n) is 4.15. The summed E-state index contributed by atoms with van der Waals surface area (Å²) in [6, 6.07) is 5.71. The van der Waals surface area contributed by atoms with Crippen LogP contribution in [0.3, 0.4) is 0 Å². The molecule has 0 spiro atoms. The van der Waals surface area contributed by atoms with Crippen LogP contribution in [0.4, 0.5) is 0 Å². The molecule has 20 heavy (non-hydrogen) atoms. The van der Waals surface area contributed by atoms with Gasteiger partial charge in [-0.05, 0) is 37.1 Å². The van der Waals surface area contributed by atoms with Crippen molar-refractivity contribution in [3.05, 3.63) is 34.9 Å². The number of halogens is 1. The third-order valence-electron chi connectivity index (χ3n) is 2.71. The first kappa shape index (κ1) is 16.1. The molecule has 1 rings (SSSR count). The predicted molar refractivity (Wildman–Crippen MR) is 77.4 cm³/mol. The smallest absolute Gasteiger partial charge is 0.328 e. The molecule has 0 radical (unpaired) electrons. The van der Waals surface area contributed by atoms with Gasteiger partial charge in [0.15, 0.2) is 0 Å². The molecule has 0 saturated carbocycles. The van der Waals surface area contributed by atoms with E-state index in [1.807, 2.05) is 0 Å². The fraction of sp³-hybridized carbons (Fsp3) is 0.333. The van der Waals surface area contributed by atoms with Gasteiger partial charge in [-0.25, -0.2) is 4.79 Å². The van der Waals surface area contributed by atoms with Crippen molar-refractivity contribution in [2.45, 2.75) is 25.3 Å². The number of esters is 1. The minimum atomic E-state index is -0.698. The number of methoxy groups -OCH3 is 1. The van der Waals surface area contributed by atoms with Crippen LogP contribution in [0, 0.1) is 12.3 Å². The summed E-state index contributed by atoms with van der Waals surface area (Å²) in [5.41, 5.74) is 0.431. The SMILES string of the molecule is C#CCCC[C@H](NC(=O)c1ccc(Cl)cc1)C(=O)OC. The molecule has 1 aromatic rings. The highest BCUT2D eigenvalue weighted by Gasteiger charge is 2.21. The number of carbonyl (C=O) groups excluding carboxylic acids is 2. The molecule has 0 aliphatic heterocycles. The van der Waals surface area contributed by atoms with Crippen molar-refractivity contribution in [3.63, 3.8) is 0 Å². The molecule has 0 aliphatic rings. The van der Waals surface area contributed by atoms with E-state index in [0.29, 0.717) is 29.8 Å². The molecular formula is C15H16ClNO3. The molecule has 0 bridgehead atoms. The van der Waals surface area contributed by atoms with Crippen molar-refractivity contribution in [1.82, 2.24) is 5.32 Å². The van der Waals surface area contributed by atoms with Gasteiger partial charge < -0.3 is 10.1 Å². The quantitative estimate of drug-likeness (QED) is 0.498. The Morgan fingerprint density at radius 3 is 2.60 bits per heavy atom. The maximum absolute atomic E-state index is 12.0. The van der Waals surface area contributed by atoms with Gasteiger partial charge in [0, 0.05) is 17.0 Å². The maximum atomic E-state index is 12.0. The van der Waals surface area contributed by atoms with Crippen LogP contribution in [0.25, 0.3) is 0 Å². The molecule has 1 N–H and O–H groups in total. The summed E-state index contributed by atoms with van der Waals surface area (Å²) in [6.07, 6.45) is 6.79. The normalized spacial score (nSPS) is 11.2. The van der Waals surface area contributed by atoms with Gasteiger partial charge in [0.25, 0.3) is 5.91 Å². The first-order chi connectivity index (χ1) is 9.58. The number of amides is 1. The van der Waals surface area contributed by atoms with E-state index in [9.17, 15) is 9.59 Å². The van der Waals surface area contributed by atoms with Crippen molar-refractivity contribution < 1.29 is 14.3 Å². The van der Waals surface area contributed by atoms with Crippen LogP contribution in [0.15, 0.2) is 24.3 Å². The zero-order valence-corrected chi connectivity index (χ0v) is 11.9. The third-order valence-corrected chi connectivity index (χ3v) is 2.96. The summed E-state index contributed by atoms with van der Waals surface area (Å²) in [5, 5.41) is 3.18. The predicted octanol–water partition coefficient (Wildman–Crippen LogP) is 2.41. The number of hydrogen-bond acceptors (Lipinski definition) is 3. The van der Waals surface area contributed by atoms with Crippen LogP contribution in [0.1, 0.15) is 29.6 Å². The molecule has 0 aromatic heterocycles. The van der Waals surface area contributed by atoms with Gasteiger partial charge >= 0.3 is 5.97 Å². The first-order valence-corrected chi connectivity index (χ1v) is 6.54. The van der Waals surface area contributed by atoms with Crippen molar-refractivity contribution >= 4 is 23.5 Å². The Hall–Kier alpha value is -1.99. The van der Waals surface area contributed by atoms with Crippen molar-refractivity contribution in [1.29, 1.82) is 0 Å². The van der Waals surface area contributed by atoms with Gasteiger partial charge in [0.1, 0.15) is 6.04 Å². The zero-order valence-electron chi connectivity index (χ0n) is 11.2. The minimum absolute atomic E-state index is 0.349. The lowest BCUT2D eigenvalue weighted by molar-refractivity contribution is -0.143. The molecule has 0 aliphatic carbocycles. The van der Waals surface area contributed by atoms with E-state index in [0.717, 1.165) is 0 Å².